The van der Waals surface area contributed by atoms with Crippen molar-refractivity contribution >= 4 is 12.0 Å². The van der Waals surface area contributed by atoms with Crippen LogP contribution >= 0.6 is 0 Å². The SMILES string of the molecule is CC(C)c1ccc(/C=C/CC(=O)N2CCCC(C)(CO)C2)cc1. The molecule has 126 valence electrons. The molecule has 1 aliphatic heterocycles. The minimum Gasteiger partial charge on any atom is -0.396 e. The molecule has 1 aromatic carbocycles. The van der Waals surface area contributed by atoms with Crippen LogP contribution in [0.3, 0.4) is 0 Å². The highest BCUT2D eigenvalue weighted by molar-refractivity contribution is 5.78. The zero-order valence-corrected chi connectivity index (χ0v) is 14.6. The van der Waals surface area contributed by atoms with Gasteiger partial charge in [-0.2, -0.15) is 0 Å². The van der Waals surface area contributed by atoms with Crippen LogP contribution < -0.4 is 0 Å². The van der Waals surface area contributed by atoms with Crippen LogP contribution in [-0.2, 0) is 4.79 Å². The van der Waals surface area contributed by atoms with Gasteiger partial charge in [-0.25, -0.2) is 0 Å². The number of piperidine rings is 1. The van der Waals surface area contributed by atoms with E-state index in [2.05, 4.69) is 45.0 Å². The molecule has 23 heavy (non-hydrogen) atoms. The number of aliphatic hydroxyl groups is 1. The predicted octanol–water partition coefficient (Wildman–Crippen LogP) is 3.83. The summed E-state index contributed by atoms with van der Waals surface area (Å²) in [5.41, 5.74) is 2.32. The van der Waals surface area contributed by atoms with Crippen LogP contribution in [0.25, 0.3) is 6.08 Å². The molecule has 3 heteroatoms. The van der Waals surface area contributed by atoms with Gasteiger partial charge in [-0.15, -0.1) is 0 Å². The lowest BCUT2D eigenvalue weighted by atomic mass is 9.82. The van der Waals surface area contributed by atoms with Gasteiger partial charge in [0.1, 0.15) is 0 Å². The zero-order valence-electron chi connectivity index (χ0n) is 14.6. The molecule has 1 N–H and O–H groups in total. The van der Waals surface area contributed by atoms with Crippen LogP contribution in [0.4, 0.5) is 0 Å². The Kier molecular flexibility index (Phi) is 6.00. The maximum absolute atomic E-state index is 12.3. The number of benzene rings is 1. The first-order valence-electron chi connectivity index (χ1n) is 8.59. The zero-order chi connectivity index (χ0) is 16.9. The summed E-state index contributed by atoms with van der Waals surface area (Å²) >= 11 is 0. The largest absolute Gasteiger partial charge is 0.396 e. The van der Waals surface area contributed by atoms with E-state index < -0.39 is 0 Å². The smallest absolute Gasteiger partial charge is 0.226 e. The summed E-state index contributed by atoms with van der Waals surface area (Å²) in [6, 6.07) is 8.48. The van der Waals surface area contributed by atoms with E-state index in [1.807, 2.05) is 17.1 Å². The Labute approximate surface area is 140 Å². The topological polar surface area (TPSA) is 40.5 Å². The maximum Gasteiger partial charge on any atom is 0.226 e. The van der Waals surface area contributed by atoms with Crippen molar-refractivity contribution in [3.8, 4) is 0 Å². The maximum atomic E-state index is 12.3. The molecule has 1 unspecified atom stereocenters. The van der Waals surface area contributed by atoms with E-state index >= 15 is 0 Å². The molecule has 1 atom stereocenters. The van der Waals surface area contributed by atoms with Crippen molar-refractivity contribution in [2.75, 3.05) is 19.7 Å². The van der Waals surface area contributed by atoms with E-state index in [0.717, 1.165) is 24.9 Å². The molecule has 1 aliphatic rings. The fourth-order valence-corrected chi connectivity index (χ4v) is 3.07. The second-order valence-corrected chi connectivity index (χ2v) is 7.32. The van der Waals surface area contributed by atoms with E-state index in [-0.39, 0.29) is 17.9 Å². The Balaban J connectivity index is 1.88. The fraction of sp³-hybridized carbons (Fsp3) is 0.550. The van der Waals surface area contributed by atoms with Crippen molar-refractivity contribution in [2.45, 2.75) is 46.0 Å². The molecule has 0 saturated carbocycles. The molecule has 0 radical (unpaired) electrons. The number of carbonyl (C=O) groups is 1. The highest BCUT2D eigenvalue weighted by atomic mass is 16.3. The lowest BCUT2D eigenvalue weighted by Crippen LogP contribution is -2.46. The number of amides is 1. The summed E-state index contributed by atoms with van der Waals surface area (Å²) in [4.78, 5) is 14.2. The van der Waals surface area contributed by atoms with Crippen molar-refractivity contribution in [1.29, 1.82) is 0 Å². The molecule has 0 aromatic heterocycles. The number of aliphatic hydroxyl groups excluding tert-OH is 1. The molecule has 1 aromatic rings. The van der Waals surface area contributed by atoms with E-state index in [4.69, 9.17) is 0 Å². The standard InChI is InChI=1S/C20H29NO2/c1-16(2)18-10-8-17(9-11-18)6-4-7-19(23)21-13-5-12-20(3,14-21)15-22/h4,6,8-11,16,22H,5,7,12-15H2,1-3H3/b6-4+. The Morgan fingerprint density at radius 1 is 1.35 bits per heavy atom. The lowest BCUT2D eigenvalue weighted by molar-refractivity contribution is -0.134. The number of carbonyl (C=O) groups excluding carboxylic acids is 1. The molecular weight excluding hydrogens is 286 g/mol. The van der Waals surface area contributed by atoms with Crippen molar-refractivity contribution < 1.29 is 9.90 Å². The van der Waals surface area contributed by atoms with Crippen LogP contribution in [0.2, 0.25) is 0 Å². The Morgan fingerprint density at radius 2 is 2.04 bits per heavy atom. The third-order valence-corrected chi connectivity index (χ3v) is 4.72. The van der Waals surface area contributed by atoms with Gasteiger partial charge in [0.15, 0.2) is 0 Å². The van der Waals surface area contributed by atoms with Crippen LogP contribution in [0.5, 0.6) is 0 Å². The van der Waals surface area contributed by atoms with Crippen molar-refractivity contribution in [3.63, 3.8) is 0 Å². The van der Waals surface area contributed by atoms with Gasteiger partial charge in [-0.05, 0) is 29.9 Å². The average Bonchev–Trinajstić information content (AvgIpc) is 2.55. The van der Waals surface area contributed by atoms with Crippen molar-refractivity contribution in [1.82, 2.24) is 4.90 Å². The lowest BCUT2D eigenvalue weighted by Gasteiger charge is -2.39. The van der Waals surface area contributed by atoms with Crippen LogP contribution in [0.15, 0.2) is 30.3 Å². The summed E-state index contributed by atoms with van der Waals surface area (Å²) in [5.74, 6) is 0.689. The van der Waals surface area contributed by atoms with Gasteiger partial charge in [0.2, 0.25) is 5.91 Å². The van der Waals surface area contributed by atoms with E-state index in [1.165, 1.54) is 5.56 Å². The van der Waals surface area contributed by atoms with Gasteiger partial charge in [0.05, 0.1) is 6.61 Å². The summed E-state index contributed by atoms with van der Waals surface area (Å²) in [6.07, 6.45) is 6.34. The highest BCUT2D eigenvalue weighted by Crippen LogP contribution is 2.29. The van der Waals surface area contributed by atoms with Crippen LogP contribution in [0, 0.1) is 5.41 Å². The van der Waals surface area contributed by atoms with E-state index in [9.17, 15) is 9.90 Å². The molecule has 3 nitrogen and oxygen atoms in total. The van der Waals surface area contributed by atoms with Crippen LogP contribution in [-0.4, -0.2) is 35.6 Å². The van der Waals surface area contributed by atoms with E-state index in [1.54, 1.807) is 0 Å². The normalized spacial score (nSPS) is 22.0. The van der Waals surface area contributed by atoms with Crippen molar-refractivity contribution in [3.05, 3.63) is 41.5 Å². The minimum absolute atomic E-state index is 0.135. The van der Waals surface area contributed by atoms with Crippen LogP contribution in [0.1, 0.15) is 57.1 Å². The molecule has 1 saturated heterocycles. The van der Waals surface area contributed by atoms with Gasteiger partial charge in [-0.1, -0.05) is 57.2 Å². The quantitative estimate of drug-likeness (QED) is 0.897. The molecule has 2 rings (SSSR count). The number of likely N-dealkylation sites (tertiary alicyclic amines) is 1. The summed E-state index contributed by atoms with van der Waals surface area (Å²) in [6.45, 7) is 8.04. The molecule has 1 fully saturated rings. The first-order valence-corrected chi connectivity index (χ1v) is 8.59. The molecule has 1 amide bonds. The van der Waals surface area contributed by atoms with Crippen molar-refractivity contribution in [2.24, 2.45) is 5.41 Å². The first kappa shape index (κ1) is 17.7. The Bertz CT molecular complexity index is 547. The Hall–Kier alpha value is -1.61. The predicted molar refractivity (Wildman–Crippen MR) is 95.2 cm³/mol. The summed E-state index contributed by atoms with van der Waals surface area (Å²) in [5, 5.41) is 9.48. The third-order valence-electron chi connectivity index (χ3n) is 4.72. The number of hydrogen-bond acceptors (Lipinski definition) is 2. The minimum atomic E-state index is -0.135. The summed E-state index contributed by atoms with van der Waals surface area (Å²) in [7, 11) is 0. The average molecular weight is 315 g/mol. The number of rotatable bonds is 5. The molecule has 0 aliphatic carbocycles. The van der Waals surface area contributed by atoms with E-state index in [0.29, 0.717) is 18.9 Å². The molecular formula is C20H29NO2. The monoisotopic (exact) mass is 315 g/mol. The van der Waals surface area contributed by atoms with Gasteiger partial charge in [0.25, 0.3) is 0 Å². The first-order chi connectivity index (χ1) is 10.9. The van der Waals surface area contributed by atoms with Gasteiger partial charge in [-0.3, -0.25) is 4.79 Å². The van der Waals surface area contributed by atoms with Gasteiger partial charge in [0, 0.05) is 24.9 Å². The Morgan fingerprint density at radius 3 is 2.65 bits per heavy atom. The second kappa shape index (κ2) is 7.78. The highest BCUT2D eigenvalue weighted by Gasteiger charge is 2.31. The molecule has 1 heterocycles. The van der Waals surface area contributed by atoms with Gasteiger partial charge >= 0.3 is 0 Å². The molecule has 0 spiro atoms. The fourth-order valence-electron chi connectivity index (χ4n) is 3.07. The molecule has 0 bridgehead atoms. The number of hydrogen-bond donors (Lipinski definition) is 1. The number of nitrogens with zero attached hydrogens (tertiary/aromatic N) is 1. The third kappa shape index (κ3) is 4.93. The summed E-state index contributed by atoms with van der Waals surface area (Å²) < 4.78 is 0. The second-order valence-electron chi connectivity index (χ2n) is 7.32. The van der Waals surface area contributed by atoms with Gasteiger partial charge < -0.3 is 10.0 Å².